The van der Waals surface area contributed by atoms with Gasteiger partial charge in [-0.15, -0.1) is 5.10 Å². The average Bonchev–Trinajstić information content (AvgIpc) is 3.24. The Labute approximate surface area is 131 Å². The first-order chi connectivity index (χ1) is 10.7. The van der Waals surface area contributed by atoms with Crippen molar-refractivity contribution in [3.63, 3.8) is 0 Å². The van der Waals surface area contributed by atoms with E-state index in [4.69, 9.17) is 9.15 Å². The first-order valence-electron chi connectivity index (χ1n) is 8.58. The van der Waals surface area contributed by atoms with Crippen molar-refractivity contribution < 1.29 is 9.15 Å². The highest BCUT2D eigenvalue weighted by atomic mass is 16.5. The first-order valence-corrected chi connectivity index (χ1v) is 8.58. The van der Waals surface area contributed by atoms with Gasteiger partial charge in [-0.1, -0.05) is 5.10 Å². The third kappa shape index (κ3) is 3.13. The van der Waals surface area contributed by atoms with E-state index in [1.807, 2.05) is 6.92 Å². The maximum atomic E-state index is 5.96. The van der Waals surface area contributed by atoms with Gasteiger partial charge in [0, 0.05) is 38.5 Å². The molecule has 1 aromatic heterocycles. The van der Waals surface area contributed by atoms with Gasteiger partial charge in [-0.3, -0.25) is 0 Å². The van der Waals surface area contributed by atoms with E-state index in [9.17, 15) is 0 Å². The van der Waals surface area contributed by atoms with Crippen molar-refractivity contribution >= 4 is 6.01 Å². The van der Waals surface area contributed by atoms with Gasteiger partial charge in [0.1, 0.15) is 0 Å². The molecule has 6 heteroatoms. The zero-order chi connectivity index (χ0) is 15.0. The molecule has 0 bridgehead atoms. The zero-order valence-corrected chi connectivity index (χ0v) is 13.5. The highest BCUT2D eigenvalue weighted by Crippen LogP contribution is 2.37. The number of hydrogen-bond acceptors (Lipinski definition) is 6. The van der Waals surface area contributed by atoms with E-state index in [1.165, 1.54) is 38.8 Å². The summed E-state index contributed by atoms with van der Waals surface area (Å²) in [5.74, 6) is 1.59. The van der Waals surface area contributed by atoms with Crippen LogP contribution in [0.1, 0.15) is 31.6 Å². The minimum atomic E-state index is 0.214. The molecule has 0 N–H and O–H groups in total. The second kappa shape index (κ2) is 5.81. The maximum absolute atomic E-state index is 5.96. The average molecular weight is 306 g/mol. The summed E-state index contributed by atoms with van der Waals surface area (Å²) in [7, 11) is 0. The third-order valence-corrected chi connectivity index (χ3v) is 5.18. The van der Waals surface area contributed by atoms with E-state index in [0.717, 1.165) is 38.8 Å². The van der Waals surface area contributed by atoms with Crippen LogP contribution in [0.15, 0.2) is 4.42 Å². The minimum Gasteiger partial charge on any atom is -0.408 e. The molecule has 122 valence electrons. The van der Waals surface area contributed by atoms with Crippen LogP contribution in [-0.2, 0) is 4.74 Å². The fourth-order valence-electron chi connectivity index (χ4n) is 3.95. The number of aromatic nitrogens is 2. The lowest BCUT2D eigenvalue weighted by Crippen LogP contribution is -2.51. The molecule has 1 atom stereocenters. The summed E-state index contributed by atoms with van der Waals surface area (Å²) < 4.78 is 11.6. The highest BCUT2D eigenvalue weighted by molar-refractivity contribution is 5.25. The third-order valence-electron chi connectivity index (χ3n) is 5.18. The summed E-state index contributed by atoms with van der Waals surface area (Å²) in [6.07, 6.45) is 5.35. The predicted octanol–water partition coefficient (Wildman–Crippen LogP) is 1.71. The van der Waals surface area contributed by atoms with Gasteiger partial charge in [0.15, 0.2) is 0 Å². The Morgan fingerprint density at radius 3 is 2.91 bits per heavy atom. The molecular formula is C16H26N4O2. The predicted molar refractivity (Wildman–Crippen MR) is 82.9 cm³/mol. The summed E-state index contributed by atoms with van der Waals surface area (Å²) in [6, 6.07) is 0.654. The lowest BCUT2D eigenvalue weighted by atomic mass is 9.80. The lowest BCUT2D eigenvalue weighted by Gasteiger charge is -2.43. The Morgan fingerprint density at radius 2 is 2.14 bits per heavy atom. The van der Waals surface area contributed by atoms with Gasteiger partial charge in [-0.2, -0.15) is 0 Å². The van der Waals surface area contributed by atoms with E-state index in [1.54, 1.807) is 0 Å². The fourth-order valence-corrected chi connectivity index (χ4v) is 3.95. The number of aryl methyl sites for hydroxylation is 1. The molecule has 0 unspecified atom stereocenters. The first kappa shape index (κ1) is 14.5. The summed E-state index contributed by atoms with van der Waals surface area (Å²) in [6.45, 7) is 8.93. The van der Waals surface area contributed by atoms with E-state index in [-0.39, 0.29) is 5.41 Å². The van der Waals surface area contributed by atoms with E-state index in [0.29, 0.717) is 11.9 Å². The van der Waals surface area contributed by atoms with Gasteiger partial charge < -0.3 is 19.0 Å². The van der Waals surface area contributed by atoms with Crippen LogP contribution in [0, 0.1) is 18.3 Å². The molecule has 1 aliphatic carbocycles. The molecule has 3 fully saturated rings. The van der Waals surface area contributed by atoms with Crippen LogP contribution in [0.2, 0.25) is 0 Å². The summed E-state index contributed by atoms with van der Waals surface area (Å²) in [4.78, 5) is 4.89. The normalized spacial score (nSPS) is 30.7. The summed E-state index contributed by atoms with van der Waals surface area (Å²) >= 11 is 0. The Bertz CT molecular complexity index is 516. The molecule has 2 aliphatic heterocycles. The van der Waals surface area contributed by atoms with E-state index in [2.05, 4.69) is 20.0 Å². The second-order valence-corrected chi connectivity index (χ2v) is 7.36. The molecule has 3 aliphatic rings. The molecule has 2 saturated heterocycles. The van der Waals surface area contributed by atoms with E-state index < -0.39 is 0 Å². The maximum Gasteiger partial charge on any atom is 0.318 e. The number of nitrogens with zero attached hydrogens (tertiary/aromatic N) is 4. The van der Waals surface area contributed by atoms with Gasteiger partial charge in [-0.25, -0.2) is 0 Å². The number of rotatable bonds is 3. The number of likely N-dealkylation sites (tertiary alicyclic amines) is 1. The molecule has 1 spiro atoms. The fraction of sp³-hybridized carbons (Fsp3) is 0.875. The van der Waals surface area contributed by atoms with Gasteiger partial charge in [0.25, 0.3) is 0 Å². The van der Waals surface area contributed by atoms with Crippen LogP contribution in [0.25, 0.3) is 0 Å². The Kier molecular flexibility index (Phi) is 3.82. The van der Waals surface area contributed by atoms with Gasteiger partial charge in [0.2, 0.25) is 5.89 Å². The molecule has 0 amide bonds. The van der Waals surface area contributed by atoms with Gasteiger partial charge in [-0.05, 0) is 38.1 Å². The largest absolute Gasteiger partial charge is 0.408 e. The van der Waals surface area contributed by atoms with Crippen molar-refractivity contribution in [2.45, 2.75) is 32.6 Å². The molecule has 1 saturated carbocycles. The van der Waals surface area contributed by atoms with Crippen molar-refractivity contribution in [3.8, 4) is 0 Å². The van der Waals surface area contributed by atoms with Crippen LogP contribution in [0.5, 0.6) is 0 Å². The van der Waals surface area contributed by atoms with Crippen LogP contribution >= 0.6 is 0 Å². The van der Waals surface area contributed by atoms with Crippen LogP contribution in [-0.4, -0.2) is 61.0 Å². The van der Waals surface area contributed by atoms with Crippen LogP contribution < -0.4 is 4.90 Å². The van der Waals surface area contributed by atoms with Crippen LogP contribution in [0.3, 0.4) is 0 Å². The Balaban J connectivity index is 1.48. The molecule has 22 heavy (non-hydrogen) atoms. The topological polar surface area (TPSA) is 54.6 Å². The second-order valence-electron chi connectivity index (χ2n) is 7.36. The van der Waals surface area contributed by atoms with Crippen molar-refractivity contribution in [1.82, 2.24) is 15.1 Å². The van der Waals surface area contributed by atoms with Gasteiger partial charge in [0.05, 0.1) is 13.2 Å². The molecular weight excluding hydrogens is 280 g/mol. The van der Waals surface area contributed by atoms with Gasteiger partial charge >= 0.3 is 6.01 Å². The minimum absolute atomic E-state index is 0.214. The van der Waals surface area contributed by atoms with Crippen molar-refractivity contribution in [3.05, 3.63) is 5.89 Å². The number of anilines is 1. The summed E-state index contributed by atoms with van der Waals surface area (Å²) in [5, 5.41) is 8.19. The SMILES string of the molecule is Cc1nnc(N2CCOC[C@]3(CCCN(CC4CC4)C3)C2)o1. The number of hydrogen-bond donors (Lipinski definition) is 0. The van der Waals surface area contributed by atoms with Crippen LogP contribution in [0.4, 0.5) is 6.01 Å². The molecule has 6 nitrogen and oxygen atoms in total. The molecule has 4 rings (SSSR count). The van der Waals surface area contributed by atoms with Crippen molar-refractivity contribution in [2.75, 3.05) is 50.8 Å². The smallest absolute Gasteiger partial charge is 0.318 e. The molecule has 1 aromatic rings. The van der Waals surface area contributed by atoms with E-state index >= 15 is 0 Å². The molecule has 0 radical (unpaired) electrons. The van der Waals surface area contributed by atoms with Crippen molar-refractivity contribution in [1.29, 1.82) is 0 Å². The lowest BCUT2D eigenvalue weighted by molar-refractivity contribution is 0.0118. The number of piperidine rings is 1. The van der Waals surface area contributed by atoms with Crippen molar-refractivity contribution in [2.24, 2.45) is 11.3 Å². The monoisotopic (exact) mass is 306 g/mol. The molecule has 3 heterocycles. The quantitative estimate of drug-likeness (QED) is 0.847. The Morgan fingerprint density at radius 1 is 1.23 bits per heavy atom. The Hall–Kier alpha value is -1.14. The summed E-state index contributed by atoms with van der Waals surface area (Å²) in [5.41, 5.74) is 0.214. The molecule has 0 aromatic carbocycles. The zero-order valence-electron chi connectivity index (χ0n) is 13.5. The number of ether oxygens (including phenoxy) is 1. The standard InChI is InChI=1S/C16H26N4O2/c1-13-17-18-15(22-13)20-7-8-21-12-16(11-20)5-2-6-19(10-16)9-14-3-4-14/h14H,2-12H2,1H3/t16-/m0/s1. The highest BCUT2D eigenvalue weighted by Gasteiger charge is 2.41.